The van der Waals surface area contributed by atoms with E-state index >= 15 is 0 Å². The highest BCUT2D eigenvalue weighted by Gasteiger charge is 2.30. The summed E-state index contributed by atoms with van der Waals surface area (Å²) in [7, 11) is 1.56. The van der Waals surface area contributed by atoms with Crippen LogP contribution in [0.1, 0.15) is 11.1 Å². The second-order valence-electron chi connectivity index (χ2n) is 4.62. The number of carbonyl (C=O) groups is 2. The molecule has 106 valence electrons. The van der Waals surface area contributed by atoms with Gasteiger partial charge in [0.25, 0.3) is 0 Å². The van der Waals surface area contributed by atoms with Crippen molar-refractivity contribution in [2.24, 2.45) is 5.73 Å². The summed E-state index contributed by atoms with van der Waals surface area (Å²) in [6, 6.07) is 4.36. The highest BCUT2D eigenvalue weighted by Crippen LogP contribution is 2.15. The molecule has 1 saturated heterocycles. The molecule has 0 aromatic heterocycles. The first-order valence-electron chi connectivity index (χ1n) is 6.02. The van der Waals surface area contributed by atoms with Gasteiger partial charge in [-0.3, -0.25) is 9.59 Å². The van der Waals surface area contributed by atoms with Crippen molar-refractivity contribution in [3.05, 3.63) is 35.1 Å². The molecule has 0 atom stereocenters. The van der Waals surface area contributed by atoms with Gasteiger partial charge in [0.15, 0.2) is 0 Å². The monoisotopic (exact) mass is 295 g/mol. The van der Waals surface area contributed by atoms with Crippen molar-refractivity contribution >= 4 is 29.0 Å². The first kappa shape index (κ1) is 14.4. The lowest BCUT2D eigenvalue weighted by molar-refractivity contribution is -0.155. The number of benzene rings is 1. The van der Waals surface area contributed by atoms with Gasteiger partial charge in [0.05, 0.1) is 0 Å². The summed E-state index contributed by atoms with van der Waals surface area (Å²) in [5.41, 5.74) is 6.18. The van der Waals surface area contributed by atoms with Crippen LogP contribution in [0.25, 0.3) is 0 Å². The van der Waals surface area contributed by atoms with Crippen molar-refractivity contribution in [1.82, 2.24) is 9.80 Å². The Kier molecular flexibility index (Phi) is 3.99. The van der Waals surface area contributed by atoms with Crippen LogP contribution in [0.4, 0.5) is 4.39 Å². The van der Waals surface area contributed by atoms with Crippen molar-refractivity contribution in [2.45, 2.75) is 6.54 Å². The molecule has 1 fully saturated rings. The Morgan fingerprint density at radius 1 is 1.35 bits per heavy atom. The third-order valence-corrected chi connectivity index (χ3v) is 3.46. The maximum atomic E-state index is 13.9. The number of hydrogen-bond acceptors (Lipinski definition) is 3. The summed E-state index contributed by atoms with van der Waals surface area (Å²) < 4.78 is 13.9. The molecule has 0 radical (unpaired) electrons. The Morgan fingerprint density at radius 3 is 2.65 bits per heavy atom. The molecule has 2 N–H and O–H groups in total. The zero-order valence-electron chi connectivity index (χ0n) is 10.9. The van der Waals surface area contributed by atoms with Crippen molar-refractivity contribution < 1.29 is 14.0 Å². The highest BCUT2D eigenvalue weighted by atomic mass is 32.1. The topological polar surface area (TPSA) is 66.6 Å². The number of amides is 2. The molecule has 20 heavy (non-hydrogen) atoms. The molecule has 1 aromatic carbocycles. The summed E-state index contributed by atoms with van der Waals surface area (Å²) in [5, 5.41) is 0. The molecule has 2 rings (SSSR count). The van der Waals surface area contributed by atoms with Crippen molar-refractivity contribution in [1.29, 1.82) is 0 Å². The van der Waals surface area contributed by atoms with Crippen molar-refractivity contribution in [3.63, 3.8) is 0 Å². The molecular formula is C13H14FN3O2S. The molecule has 0 aliphatic carbocycles. The Hall–Kier alpha value is -2.02. The number of nitrogens with zero attached hydrogens (tertiary/aromatic N) is 2. The predicted octanol–water partition coefficient (Wildman–Crippen LogP) is 0.260. The molecule has 0 spiro atoms. The molecule has 0 saturated carbocycles. The van der Waals surface area contributed by atoms with E-state index in [2.05, 4.69) is 0 Å². The number of hydrogen-bond donors (Lipinski definition) is 1. The fourth-order valence-electron chi connectivity index (χ4n) is 1.96. The van der Waals surface area contributed by atoms with E-state index in [1.54, 1.807) is 13.1 Å². The van der Waals surface area contributed by atoms with Gasteiger partial charge in [0, 0.05) is 37.8 Å². The standard InChI is InChI=1S/C13H14FN3O2S/c1-16-4-5-17(13(19)12(16)18)7-9-3-2-8(11(15)20)6-10(9)14/h2-3,6H,4-5,7H2,1H3,(H2,15,20). The predicted molar refractivity (Wildman–Crippen MR) is 75.3 cm³/mol. The Balaban J connectivity index is 2.16. The molecular weight excluding hydrogens is 281 g/mol. The van der Waals surface area contributed by atoms with Gasteiger partial charge >= 0.3 is 11.8 Å². The maximum Gasteiger partial charge on any atom is 0.312 e. The van der Waals surface area contributed by atoms with E-state index in [1.165, 1.54) is 21.9 Å². The van der Waals surface area contributed by atoms with Gasteiger partial charge in [-0.2, -0.15) is 0 Å². The third kappa shape index (κ3) is 2.77. The second-order valence-corrected chi connectivity index (χ2v) is 5.06. The summed E-state index contributed by atoms with van der Waals surface area (Å²) >= 11 is 4.77. The van der Waals surface area contributed by atoms with Gasteiger partial charge in [-0.25, -0.2) is 4.39 Å². The molecule has 1 aromatic rings. The number of halogens is 1. The van der Waals surface area contributed by atoms with Crippen LogP contribution in [0.15, 0.2) is 18.2 Å². The van der Waals surface area contributed by atoms with Gasteiger partial charge in [0.1, 0.15) is 10.8 Å². The summed E-state index contributed by atoms with van der Waals surface area (Å²) in [6.07, 6.45) is 0. The molecule has 2 amide bonds. The van der Waals surface area contributed by atoms with Crippen LogP contribution in [0.2, 0.25) is 0 Å². The van der Waals surface area contributed by atoms with Gasteiger partial charge in [-0.1, -0.05) is 24.4 Å². The number of piperazine rings is 1. The maximum absolute atomic E-state index is 13.9. The highest BCUT2D eigenvalue weighted by molar-refractivity contribution is 7.80. The lowest BCUT2D eigenvalue weighted by Gasteiger charge is -2.31. The molecule has 5 nitrogen and oxygen atoms in total. The van der Waals surface area contributed by atoms with E-state index in [1.807, 2.05) is 0 Å². The Bertz CT molecular complexity index is 591. The van der Waals surface area contributed by atoms with Gasteiger partial charge < -0.3 is 15.5 Å². The molecule has 1 aliphatic heterocycles. The zero-order chi connectivity index (χ0) is 14.9. The number of likely N-dealkylation sites (N-methyl/N-ethyl adjacent to an activating group) is 1. The number of rotatable bonds is 3. The average molecular weight is 295 g/mol. The van der Waals surface area contributed by atoms with Crippen LogP contribution in [0.5, 0.6) is 0 Å². The van der Waals surface area contributed by atoms with E-state index in [-0.39, 0.29) is 11.5 Å². The molecule has 1 aliphatic rings. The fraction of sp³-hybridized carbons (Fsp3) is 0.308. The molecule has 0 bridgehead atoms. The van der Waals surface area contributed by atoms with Crippen LogP contribution in [-0.2, 0) is 16.1 Å². The van der Waals surface area contributed by atoms with Crippen LogP contribution in [0, 0.1) is 5.82 Å². The first-order valence-corrected chi connectivity index (χ1v) is 6.43. The van der Waals surface area contributed by atoms with Crippen molar-refractivity contribution in [2.75, 3.05) is 20.1 Å². The number of nitrogens with two attached hydrogens (primary N) is 1. The Morgan fingerprint density at radius 2 is 2.05 bits per heavy atom. The number of carbonyl (C=O) groups excluding carboxylic acids is 2. The summed E-state index contributed by atoms with van der Waals surface area (Å²) in [4.78, 5) is 26.2. The van der Waals surface area contributed by atoms with E-state index in [0.29, 0.717) is 24.2 Å². The quantitative estimate of drug-likeness (QED) is 0.642. The molecule has 0 unspecified atom stereocenters. The minimum absolute atomic E-state index is 0.0574. The van der Waals surface area contributed by atoms with Crippen LogP contribution >= 0.6 is 12.2 Å². The molecule has 7 heteroatoms. The lowest BCUT2D eigenvalue weighted by Crippen LogP contribution is -2.52. The Labute approximate surface area is 121 Å². The van der Waals surface area contributed by atoms with Gasteiger partial charge in [-0.05, 0) is 6.07 Å². The van der Waals surface area contributed by atoms with Crippen molar-refractivity contribution in [3.8, 4) is 0 Å². The normalized spacial score (nSPS) is 15.7. The lowest BCUT2D eigenvalue weighted by atomic mass is 10.1. The minimum atomic E-state index is -0.614. The molecule has 1 heterocycles. The van der Waals surface area contributed by atoms with E-state index in [9.17, 15) is 14.0 Å². The van der Waals surface area contributed by atoms with E-state index in [0.717, 1.165) is 0 Å². The largest absolute Gasteiger partial charge is 0.389 e. The van der Waals surface area contributed by atoms with Gasteiger partial charge in [0.2, 0.25) is 0 Å². The first-order chi connectivity index (χ1) is 9.40. The third-order valence-electron chi connectivity index (χ3n) is 3.22. The average Bonchev–Trinajstić information content (AvgIpc) is 2.41. The minimum Gasteiger partial charge on any atom is -0.389 e. The summed E-state index contributed by atoms with van der Waals surface area (Å²) in [6.45, 7) is 0.886. The van der Waals surface area contributed by atoms with E-state index in [4.69, 9.17) is 18.0 Å². The van der Waals surface area contributed by atoms with E-state index < -0.39 is 17.6 Å². The summed E-state index contributed by atoms with van der Waals surface area (Å²) in [5.74, 6) is -1.68. The van der Waals surface area contributed by atoms with Crippen LogP contribution in [0.3, 0.4) is 0 Å². The number of thiocarbonyl (C=S) groups is 1. The smallest absolute Gasteiger partial charge is 0.312 e. The fourth-order valence-corrected chi connectivity index (χ4v) is 2.08. The second kappa shape index (κ2) is 5.54. The SMILES string of the molecule is CN1CCN(Cc2ccc(C(N)=S)cc2F)C(=O)C1=O. The van der Waals surface area contributed by atoms with Crippen LogP contribution in [-0.4, -0.2) is 46.7 Å². The van der Waals surface area contributed by atoms with Crippen LogP contribution < -0.4 is 5.73 Å². The zero-order valence-corrected chi connectivity index (χ0v) is 11.7. The van der Waals surface area contributed by atoms with Gasteiger partial charge in [-0.15, -0.1) is 0 Å².